The average Bonchev–Trinajstić information content (AvgIpc) is 2.65. The van der Waals surface area contributed by atoms with Crippen molar-refractivity contribution in [1.29, 1.82) is 0 Å². The number of phenols is 1. The first kappa shape index (κ1) is 18.0. The van der Waals surface area contributed by atoms with Gasteiger partial charge < -0.3 is 25.5 Å². The van der Waals surface area contributed by atoms with Crippen LogP contribution in [0.2, 0.25) is 0 Å². The first-order valence-electron chi connectivity index (χ1n) is 10.0. The van der Waals surface area contributed by atoms with Gasteiger partial charge in [-0.1, -0.05) is 24.3 Å². The Hall–Kier alpha value is -3.06. The predicted octanol–water partition coefficient (Wildman–Crippen LogP) is 2.23. The van der Waals surface area contributed by atoms with Gasteiger partial charge in [0.05, 0.1) is 12.2 Å². The van der Waals surface area contributed by atoms with Crippen molar-refractivity contribution in [2.75, 3.05) is 49.3 Å². The van der Waals surface area contributed by atoms with Crippen LogP contribution < -0.4 is 15.5 Å². The van der Waals surface area contributed by atoms with E-state index in [1.54, 1.807) is 6.07 Å². The number of benzene rings is 2. The van der Waals surface area contributed by atoms with Crippen LogP contribution in [0.4, 0.5) is 17.5 Å². The van der Waals surface area contributed by atoms with E-state index in [1.807, 2.05) is 24.3 Å². The highest BCUT2D eigenvalue weighted by Gasteiger charge is 2.32. The summed E-state index contributed by atoms with van der Waals surface area (Å²) in [4.78, 5) is 16.2. The minimum atomic E-state index is 0.280. The van der Waals surface area contributed by atoms with E-state index in [-0.39, 0.29) is 5.75 Å². The molecule has 0 amide bonds. The second-order valence-corrected chi connectivity index (χ2v) is 8.21. The van der Waals surface area contributed by atoms with E-state index < -0.39 is 0 Å². The van der Waals surface area contributed by atoms with E-state index in [4.69, 9.17) is 10.7 Å². The van der Waals surface area contributed by atoms with E-state index in [1.165, 1.54) is 0 Å². The minimum Gasteiger partial charge on any atom is -0.508 e. The fourth-order valence-electron chi connectivity index (χ4n) is 4.27. The Morgan fingerprint density at radius 2 is 1.90 bits per heavy atom. The van der Waals surface area contributed by atoms with Crippen molar-refractivity contribution in [3.05, 3.63) is 47.7 Å². The average molecular weight is 390 g/mol. The molecule has 7 nitrogen and oxygen atoms in total. The molecule has 1 fully saturated rings. The van der Waals surface area contributed by atoms with Crippen molar-refractivity contribution in [3.8, 4) is 5.75 Å². The summed E-state index contributed by atoms with van der Waals surface area (Å²) >= 11 is 0. The number of aromatic hydroxyl groups is 1. The lowest BCUT2D eigenvalue weighted by Gasteiger charge is -2.43. The smallest absolute Gasteiger partial charge is 0.227 e. The van der Waals surface area contributed by atoms with Gasteiger partial charge in [-0.2, -0.15) is 4.98 Å². The summed E-state index contributed by atoms with van der Waals surface area (Å²) in [7, 11) is 4.20. The van der Waals surface area contributed by atoms with Crippen LogP contribution in [0.1, 0.15) is 11.3 Å². The van der Waals surface area contributed by atoms with Gasteiger partial charge in [0.15, 0.2) is 0 Å². The number of anilines is 3. The molecule has 0 spiro atoms. The first-order valence-corrected chi connectivity index (χ1v) is 10.0. The number of hydrogen-bond acceptors (Lipinski definition) is 7. The lowest BCUT2D eigenvalue weighted by molar-refractivity contribution is 0.245. The predicted molar refractivity (Wildman–Crippen MR) is 116 cm³/mol. The third-order valence-corrected chi connectivity index (χ3v) is 6.13. The first-order chi connectivity index (χ1) is 14.0. The van der Waals surface area contributed by atoms with E-state index in [9.17, 15) is 5.11 Å². The number of aromatic nitrogens is 2. The van der Waals surface area contributed by atoms with E-state index in [2.05, 4.69) is 39.8 Å². The quantitative estimate of drug-likeness (QED) is 0.710. The molecular formula is C22H26N6O. The van der Waals surface area contributed by atoms with Crippen LogP contribution in [0.15, 0.2) is 36.4 Å². The molecule has 2 aliphatic heterocycles. The molecule has 5 rings (SSSR count). The molecule has 0 radical (unpaired) electrons. The number of rotatable bonds is 3. The lowest BCUT2D eigenvalue weighted by atomic mass is 10.0. The van der Waals surface area contributed by atoms with Crippen LogP contribution in [0.5, 0.6) is 5.75 Å². The van der Waals surface area contributed by atoms with Crippen molar-refractivity contribution in [3.63, 3.8) is 0 Å². The SMILES string of the molecule is CN(C)C1CN(c2nc(N)c3c(n2)CN(c2cc(O)cc4ccccc24)CC3)C1. The Labute approximate surface area is 170 Å². The van der Waals surface area contributed by atoms with Gasteiger partial charge in [0, 0.05) is 48.4 Å². The molecule has 2 aliphatic rings. The second kappa shape index (κ2) is 6.77. The molecule has 7 heteroatoms. The van der Waals surface area contributed by atoms with Gasteiger partial charge in [0.25, 0.3) is 0 Å². The van der Waals surface area contributed by atoms with Gasteiger partial charge in [-0.25, -0.2) is 4.98 Å². The van der Waals surface area contributed by atoms with Crippen LogP contribution in [0, 0.1) is 0 Å². The van der Waals surface area contributed by atoms with Crippen molar-refractivity contribution >= 4 is 28.2 Å². The monoisotopic (exact) mass is 390 g/mol. The van der Waals surface area contributed by atoms with Crippen LogP contribution in [-0.4, -0.2) is 59.7 Å². The maximum atomic E-state index is 10.2. The number of phenolic OH excluding ortho intramolecular Hbond substituents is 1. The number of nitrogens with zero attached hydrogens (tertiary/aromatic N) is 5. The number of hydrogen-bond donors (Lipinski definition) is 2. The fraction of sp³-hybridized carbons (Fsp3) is 0.364. The Morgan fingerprint density at radius 1 is 1.10 bits per heavy atom. The number of nitrogens with two attached hydrogens (primary N) is 1. The van der Waals surface area contributed by atoms with Gasteiger partial charge in [-0.15, -0.1) is 0 Å². The molecule has 0 bridgehead atoms. The number of nitrogen functional groups attached to an aromatic ring is 1. The van der Waals surface area contributed by atoms with Crippen molar-refractivity contribution < 1.29 is 5.11 Å². The molecule has 3 N–H and O–H groups in total. The second-order valence-electron chi connectivity index (χ2n) is 8.21. The number of likely N-dealkylation sites (N-methyl/N-ethyl adjacent to an activating group) is 1. The summed E-state index contributed by atoms with van der Waals surface area (Å²) in [5.74, 6) is 1.60. The topological polar surface area (TPSA) is 81.8 Å². The molecule has 0 aliphatic carbocycles. The Morgan fingerprint density at radius 3 is 2.69 bits per heavy atom. The van der Waals surface area contributed by atoms with Crippen LogP contribution in [0.25, 0.3) is 10.8 Å². The third-order valence-electron chi connectivity index (χ3n) is 6.13. The molecule has 2 aromatic carbocycles. The van der Waals surface area contributed by atoms with Gasteiger partial charge in [0.1, 0.15) is 11.6 Å². The molecule has 3 aromatic rings. The highest BCUT2D eigenvalue weighted by molar-refractivity contribution is 5.95. The summed E-state index contributed by atoms with van der Waals surface area (Å²) in [6.07, 6.45) is 0.797. The highest BCUT2D eigenvalue weighted by atomic mass is 16.3. The Balaban J connectivity index is 1.47. The summed E-state index contributed by atoms with van der Waals surface area (Å²) in [5.41, 5.74) is 9.37. The maximum Gasteiger partial charge on any atom is 0.227 e. The van der Waals surface area contributed by atoms with Gasteiger partial charge in [-0.05, 0) is 32.0 Å². The van der Waals surface area contributed by atoms with Gasteiger partial charge >= 0.3 is 0 Å². The maximum absolute atomic E-state index is 10.2. The van der Waals surface area contributed by atoms with Crippen molar-refractivity contribution in [2.45, 2.75) is 19.0 Å². The Kier molecular flexibility index (Phi) is 4.20. The fourth-order valence-corrected chi connectivity index (χ4v) is 4.27. The van der Waals surface area contributed by atoms with Crippen molar-refractivity contribution in [1.82, 2.24) is 14.9 Å². The molecule has 1 saturated heterocycles. The van der Waals surface area contributed by atoms with Crippen molar-refractivity contribution in [2.24, 2.45) is 0 Å². The van der Waals surface area contributed by atoms with Crippen LogP contribution >= 0.6 is 0 Å². The zero-order chi connectivity index (χ0) is 20.1. The summed E-state index contributed by atoms with van der Waals surface area (Å²) in [6.45, 7) is 3.32. The van der Waals surface area contributed by atoms with Gasteiger partial charge in [0.2, 0.25) is 5.95 Å². The standard InChI is InChI=1S/C22H26N6O/c1-26(2)15-11-28(12-15)22-24-19-13-27(8-7-18(19)21(23)25-22)20-10-16(29)9-14-5-3-4-6-17(14)20/h3-6,9-10,15,29H,7-8,11-13H2,1-2H3,(H2,23,24,25). The molecule has 0 saturated carbocycles. The largest absolute Gasteiger partial charge is 0.508 e. The molecule has 150 valence electrons. The normalized spacial score (nSPS) is 16.9. The van der Waals surface area contributed by atoms with E-state index >= 15 is 0 Å². The van der Waals surface area contributed by atoms with Gasteiger partial charge in [-0.3, -0.25) is 0 Å². The summed E-state index contributed by atoms with van der Waals surface area (Å²) in [5, 5.41) is 12.4. The molecular weight excluding hydrogens is 364 g/mol. The molecule has 3 heterocycles. The zero-order valence-corrected chi connectivity index (χ0v) is 16.8. The molecule has 0 unspecified atom stereocenters. The number of fused-ring (bicyclic) bond motifs is 2. The van der Waals surface area contributed by atoms with Crippen LogP contribution in [-0.2, 0) is 13.0 Å². The molecule has 1 aromatic heterocycles. The zero-order valence-electron chi connectivity index (χ0n) is 16.8. The third kappa shape index (κ3) is 3.11. The van der Waals surface area contributed by atoms with Crippen LogP contribution in [0.3, 0.4) is 0 Å². The minimum absolute atomic E-state index is 0.280. The Bertz CT molecular complexity index is 1080. The highest BCUT2D eigenvalue weighted by Crippen LogP contribution is 2.35. The molecule has 0 atom stereocenters. The lowest BCUT2D eigenvalue weighted by Crippen LogP contribution is -2.58. The molecule has 29 heavy (non-hydrogen) atoms. The summed E-state index contributed by atoms with van der Waals surface area (Å²) < 4.78 is 0. The summed E-state index contributed by atoms with van der Waals surface area (Å²) in [6, 6.07) is 12.3. The van der Waals surface area contributed by atoms with E-state index in [0.29, 0.717) is 18.4 Å². The van der Waals surface area contributed by atoms with E-state index in [0.717, 1.165) is 59.7 Å².